The van der Waals surface area contributed by atoms with Crippen LogP contribution in [0.15, 0.2) is 36.4 Å². The smallest absolute Gasteiger partial charge is 0.130 e. The minimum Gasteiger partial charge on any atom is -0.457 e. The third-order valence-corrected chi connectivity index (χ3v) is 3.46. The lowest BCUT2D eigenvalue weighted by Gasteiger charge is -2.13. The third kappa shape index (κ3) is 3.15. The summed E-state index contributed by atoms with van der Waals surface area (Å²) >= 11 is 0. The van der Waals surface area contributed by atoms with Crippen molar-refractivity contribution in [2.24, 2.45) is 5.73 Å². The van der Waals surface area contributed by atoms with E-state index in [4.69, 9.17) is 10.5 Å². The van der Waals surface area contributed by atoms with Crippen LogP contribution in [-0.4, -0.2) is 6.54 Å². The van der Waals surface area contributed by atoms with E-state index in [1.807, 2.05) is 12.1 Å². The molecule has 2 nitrogen and oxygen atoms in total. The molecule has 0 radical (unpaired) electrons. The SMILES string of the molecule is Cc1ccc(CCN)cc1Oc1cccc(C)c1C. The number of hydrogen-bond acceptors (Lipinski definition) is 2. The van der Waals surface area contributed by atoms with Crippen LogP contribution in [0.2, 0.25) is 0 Å². The summed E-state index contributed by atoms with van der Waals surface area (Å²) in [6.45, 7) is 6.91. The molecule has 100 valence electrons. The van der Waals surface area contributed by atoms with Crippen LogP contribution < -0.4 is 10.5 Å². The second-order valence-corrected chi connectivity index (χ2v) is 4.94. The number of benzene rings is 2. The number of ether oxygens (including phenoxy) is 1. The largest absolute Gasteiger partial charge is 0.457 e. The summed E-state index contributed by atoms with van der Waals surface area (Å²) in [7, 11) is 0. The minimum absolute atomic E-state index is 0.659. The fourth-order valence-corrected chi connectivity index (χ4v) is 2.03. The van der Waals surface area contributed by atoms with E-state index in [1.54, 1.807) is 0 Å². The van der Waals surface area contributed by atoms with Crippen molar-refractivity contribution in [3.63, 3.8) is 0 Å². The Labute approximate surface area is 115 Å². The summed E-state index contributed by atoms with van der Waals surface area (Å²) in [5.74, 6) is 1.84. The van der Waals surface area contributed by atoms with Crippen LogP contribution in [0.4, 0.5) is 0 Å². The lowest BCUT2D eigenvalue weighted by atomic mass is 10.1. The quantitative estimate of drug-likeness (QED) is 0.899. The summed E-state index contributed by atoms with van der Waals surface area (Å²) in [4.78, 5) is 0. The molecule has 0 unspecified atom stereocenters. The van der Waals surface area contributed by atoms with Gasteiger partial charge in [0.25, 0.3) is 0 Å². The van der Waals surface area contributed by atoms with E-state index in [9.17, 15) is 0 Å². The number of rotatable bonds is 4. The Morgan fingerprint density at radius 1 is 0.947 bits per heavy atom. The van der Waals surface area contributed by atoms with E-state index in [2.05, 4.69) is 45.0 Å². The van der Waals surface area contributed by atoms with Gasteiger partial charge in [0, 0.05) is 0 Å². The van der Waals surface area contributed by atoms with Gasteiger partial charge >= 0.3 is 0 Å². The van der Waals surface area contributed by atoms with E-state index in [0.717, 1.165) is 23.5 Å². The molecule has 2 heteroatoms. The maximum absolute atomic E-state index is 6.07. The van der Waals surface area contributed by atoms with Crippen LogP contribution >= 0.6 is 0 Å². The molecule has 0 saturated heterocycles. The van der Waals surface area contributed by atoms with Gasteiger partial charge in [-0.05, 0) is 68.1 Å². The molecule has 0 fully saturated rings. The summed E-state index contributed by atoms with van der Waals surface area (Å²) in [5.41, 5.74) is 10.4. The first-order valence-electron chi connectivity index (χ1n) is 6.65. The number of aryl methyl sites for hydroxylation is 2. The second-order valence-electron chi connectivity index (χ2n) is 4.94. The molecule has 0 amide bonds. The molecule has 2 rings (SSSR count). The predicted octanol–water partition coefficient (Wildman–Crippen LogP) is 3.91. The van der Waals surface area contributed by atoms with Crippen LogP contribution in [0, 0.1) is 20.8 Å². The zero-order valence-electron chi connectivity index (χ0n) is 11.9. The predicted molar refractivity (Wildman–Crippen MR) is 79.9 cm³/mol. The van der Waals surface area contributed by atoms with E-state index < -0.39 is 0 Å². The molecule has 0 heterocycles. The second kappa shape index (κ2) is 5.89. The highest BCUT2D eigenvalue weighted by Gasteiger charge is 2.06. The lowest BCUT2D eigenvalue weighted by molar-refractivity contribution is 0.474. The minimum atomic E-state index is 0.659. The van der Waals surface area contributed by atoms with E-state index in [0.29, 0.717) is 6.54 Å². The zero-order valence-corrected chi connectivity index (χ0v) is 11.9. The molecule has 0 atom stereocenters. The Balaban J connectivity index is 2.32. The number of hydrogen-bond donors (Lipinski definition) is 1. The van der Waals surface area contributed by atoms with Crippen LogP contribution in [0.5, 0.6) is 11.5 Å². The van der Waals surface area contributed by atoms with Crippen molar-refractivity contribution in [3.8, 4) is 11.5 Å². The van der Waals surface area contributed by atoms with Gasteiger partial charge in [-0.2, -0.15) is 0 Å². The molecule has 0 aliphatic rings. The third-order valence-electron chi connectivity index (χ3n) is 3.46. The lowest BCUT2D eigenvalue weighted by Crippen LogP contribution is -2.03. The zero-order chi connectivity index (χ0) is 13.8. The molecule has 2 aromatic carbocycles. The Bertz CT molecular complexity index is 575. The van der Waals surface area contributed by atoms with Crippen molar-refractivity contribution in [2.45, 2.75) is 27.2 Å². The van der Waals surface area contributed by atoms with Crippen molar-refractivity contribution in [1.82, 2.24) is 0 Å². The van der Waals surface area contributed by atoms with Crippen molar-refractivity contribution in [2.75, 3.05) is 6.54 Å². The van der Waals surface area contributed by atoms with Gasteiger partial charge in [0.2, 0.25) is 0 Å². The van der Waals surface area contributed by atoms with Gasteiger partial charge in [0.05, 0.1) is 0 Å². The van der Waals surface area contributed by atoms with E-state index in [-0.39, 0.29) is 0 Å². The number of nitrogens with two attached hydrogens (primary N) is 1. The molecular weight excluding hydrogens is 234 g/mol. The summed E-state index contributed by atoms with van der Waals surface area (Å²) in [6, 6.07) is 12.4. The van der Waals surface area contributed by atoms with Crippen molar-refractivity contribution in [1.29, 1.82) is 0 Å². The highest BCUT2D eigenvalue weighted by molar-refractivity contribution is 5.44. The fourth-order valence-electron chi connectivity index (χ4n) is 2.03. The molecular formula is C17H21NO. The standard InChI is InChI=1S/C17H21NO/c1-12-5-4-6-16(14(12)3)19-17-11-15(9-10-18)8-7-13(17)2/h4-8,11H,9-10,18H2,1-3H3. The Kier molecular flexibility index (Phi) is 4.23. The van der Waals surface area contributed by atoms with Gasteiger partial charge in [-0.15, -0.1) is 0 Å². The average molecular weight is 255 g/mol. The topological polar surface area (TPSA) is 35.2 Å². The summed E-state index contributed by atoms with van der Waals surface area (Å²) in [5, 5.41) is 0. The van der Waals surface area contributed by atoms with Crippen molar-refractivity contribution < 1.29 is 4.74 Å². The maximum Gasteiger partial charge on any atom is 0.130 e. The molecule has 2 aromatic rings. The average Bonchev–Trinajstić information content (AvgIpc) is 2.39. The molecule has 19 heavy (non-hydrogen) atoms. The summed E-state index contributed by atoms with van der Waals surface area (Å²) < 4.78 is 6.07. The molecule has 0 aromatic heterocycles. The Morgan fingerprint density at radius 2 is 1.74 bits per heavy atom. The Hall–Kier alpha value is -1.80. The molecule has 0 bridgehead atoms. The van der Waals surface area contributed by atoms with Crippen LogP contribution in [0.3, 0.4) is 0 Å². The normalized spacial score (nSPS) is 10.5. The molecule has 2 N–H and O–H groups in total. The Morgan fingerprint density at radius 3 is 2.47 bits per heavy atom. The highest BCUT2D eigenvalue weighted by atomic mass is 16.5. The monoisotopic (exact) mass is 255 g/mol. The van der Waals surface area contributed by atoms with Gasteiger partial charge in [-0.25, -0.2) is 0 Å². The van der Waals surface area contributed by atoms with Crippen molar-refractivity contribution in [3.05, 3.63) is 58.7 Å². The first-order chi connectivity index (χ1) is 9.11. The van der Waals surface area contributed by atoms with Gasteiger partial charge in [0.1, 0.15) is 11.5 Å². The maximum atomic E-state index is 6.07. The van der Waals surface area contributed by atoms with Crippen LogP contribution in [0.25, 0.3) is 0 Å². The van der Waals surface area contributed by atoms with Gasteiger partial charge < -0.3 is 10.5 Å². The molecule has 0 aliphatic carbocycles. The highest BCUT2D eigenvalue weighted by Crippen LogP contribution is 2.29. The van der Waals surface area contributed by atoms with E-state index >= 15 is 0 Å². The van der Waals surface area contributed by atoms with E-state index in [1.165, 1.54) is 16.7 Å². The molecule has 0 spiro atoms. The summed E-state index contributed by atoms with van der Waals surface area (Å²) in [6.07, 6.45) is 0.878. The fraction of sp³-hybridized carbons (Fsp3) is 0.294. The van der Waals surface area contributed by atoms with Gasteiger partial charge in [0.15, 0.2) is 0 Å². The van der Waals surface area contributed by atoms with Crippen LogP contribution in [-0.2, 0) is 6.42 Å². The van der Waals surface area contributed by atoms with Crippen molar-refractivity contribution >= 4 is 0 Å². The molecule has 0 aliphatic heterocycles. The van der Waals surface area contributed by atoms with Crippen LogP contribution in [0.1, 0.15) is 22.3 Å². The first kappa shape index (κ1) is 13.6. The first-order valence-corrected chi connectivity index (χ1v) is 6.65. The van der Waals surface area contributed by atoms with Gasteiger partial charge in [-0.1, -0.05) is 24.3 Å². The van der Waals surface area contributed by atoms with Gasteiger partial charge in [-0.3, -0.25) is 0 Å². The molecule has 0 saturated carbocycles.